The van der Waals surface area contributed by atoms with Crippen molar-refractivity contribution in [1.82, 2.24) is 14.3 Å². The minimum atomic E-state index is -4.86. The smallest absolute Gasteiger partial charge is 0.347 e. The van der Waals surface area contributed by atoms with Crippen molar-refractivity contribution in [3.63, 3.8) is 0 Å². The molecular weight excluding hydrogens is 468 g/mol. The third kappa shape index (κ3) is 5.00. The molecule has 1 fully saturated rings. The summed E-state index contributed by atoms with van der Waals surface area (Å²) in [7, 11) is -1.19. The first-order valence-electron chi connectivity index (χ1n) is 10.8. The molecule has 2 aromatic heterocycles. The van der Waals surface area contributed by atoms with Gasteiger partial charge in [0.15, 0.2) is 5.69 Å². The van der Waals surface area contributed by atoms with Crippen LogP contribution in [0.3, 0.4) is 0 Å². The van der Waals surface area contributed by atoms with Crippen molar-refractivity contribution >= 4 is 21.9 Å². The van der Waals surface area contributed by atoms with Crippen molar-refractivity contribution < 1.29 is 21.8 Å². The normalized spacial score (nSPS) is 15.5. The highest BCUT2D eigenvalue weighted by atomic mass is 32.2. The molecule has 1 aliphatic carbocycles. The number of benzene rings is 1. The molecule has 0 amide bonds. The van der Waals surface area contributed by atoms with Gasteiger partial charge < -0.3 is 4.57 Å². The third-order valence-electron chi connectivity index (χ3n) is 5.54. The molecule has 4 rings (SSSR count). The third-order valence-corrected chi connectivity index (χ3v) is 7.04. The van der Waals surface area contributed by atoms with Gasteiger partial charge in [-0.25, -0.2) is 13.3 Å². The number of alkyl halides is 3. The largest absolute Gasteiger partial charge is 0.434 e. The Labute approximate surface area is 197 Å². The van der Waals surface area contributed by atoms with Crippen molar-refractivity contribution in [1.29, 1.82) is 5.26 Å². The van der Waals surface area contributed by atoms with Crippen molar-refractivity contribution in [3.05, 3.63) is 53.2 Å². The lowest BCUT2D eigenvalue weighted by Gasteiger charge is -2.20. The molecule has 0 saturated heterocycles. The zero-order chi connectivity index (χ0) is 24.8. The molecule has 1 N–H and O–H groups in total. The van der Waals surface area contributed by atoms with E-state index in [9.17, 15) is 22.6 Å². The Bertz CT molecular complexity index is 1310. The van der Waals surface area contributed by atoms with Crippen LogP contribution in [0.25, 0.3) is 22.0 Å². The first kappa shape index (κ1) is 24.4. The van der Waals surface area contributed by atoms with Gasteiger partial charge in [0.2, 0.25) is 0 Å². The van der Waals surface area contributed by atoms with Gasteiger partial charge in [-0.05, 0) is 42.0 Å². The summed E-state index contributed by atoms with van der Waals surface area (Å²) < 4.78 is 73.6. The molecular formula is C24H24F4N4OS. The summed E-state index contributed by atoms with van der Waals surface area (Å²) in [5.74, 6) is -0.888. The number of rotatable bonds is 6. The van der Waals surface area contributed by atoms with Gasteiger partial charge in [0.1, 0.15) is 5.82 Å². The number of nitriles is 1. The quantitative estimate of drug-likeness (QED) is 0.449. The van der Waals surface area contributed by atoms with E-state index in [4.69, 9.17) is 0 Å². The van der Waals surface area contributed by atoms with Gasteiger partial charge in [0, 0.05) is 52.8 Å². The van der Waals surface area contributed by atoms with Crippen LogP contribution in [0.1, 0.15) is 50.4 Å². The monoisotopic (exact) mass is 492 g/mol. The van der Waals surface area contributed by atoms with E-state index >= 15 is 4.39 Å². The predicted octanol–water partition coefficient (Wildman–Crippen LogP) is 5.69. The highest BCUT2D eigenvalue weighted by Crippen LogP contribution is 2.40. The molecule has 0 aliphatic heterocycles. The molecule has 180 valence electrons. The molecule has 1 aliphatic rings. The van der Waals surface area contributed by atoms with E-state index < -0.39 is 34.2 Å². The molecule has 1 saturated carbocycles. The Morgan fingerprint density at radius 2 is 1.97 bits per heavy atom. The van der Waals surface area contributed by atoms with E-state index in [0.29, 0.717) is 23.0 Å². The molecule has 5 nitrogen and oxygen atoms in total. The number of hydrogen-bond donors (Lipinski definition) is 1. The Kier molecular flexibility index (Phi) is 6.29. The average molecular weight is 493 g/mol. The fourth-order valence-electron chi connectivity index (χ4n) is 3.95. The minimum Gasteiger partial charge on any atom is -0.347 e. The Morgan fingerprint density at radius 1 is 1.26 bits per heavy atom. The zero-order valence-electron chi connectivity index (χ0n) is 19.0. The van der Waals surface area contributed by atoms with Crippen LogP contribution in [0.2, 0.25) is 0 Å². The maximum atomic E-state index is 15.4. The Hall–Kier alpha value is -2.77. The number of nitrogens with zero attached hydrogens (tertiary/aromatic N) is 3. The lowest BCUT2D eigenvalue weighted by molar-refractivity contribution is -0.140. The van der Waals surface area contributed by atoms with E-state index in [0.717, 1.165) is 25.1 Å². The molecule has 2 heterocycles. The number of fused-ring (bicyclic) bond motifs is 1. The lowest BCUT2D eigenvalue weighted by Crippen LogP contribution is -2.19. The minimum absolute atomic E-state index is 0.127. The van der Waals surface area contributed by atoms with Crippen molar-refractivity contribution in [3.8, 4) is 17.2 Å². The maximum Gasteiger partial charge on any atom is 0.434 e. The van der Waals surface area contributed by atoms with Crippen LogP contribution in [-0.2, 0) is 30.3 Å². The van der Waals surface area contributed by atoms with Crippen molar-refractivity contribution in [2.24, 2.45) is 5.41 Å². The zero-order valence-corrected chi connectivity index (χ0v) is 19.8. The first-order chi connectivity index (χ1) is 15.9. The van der Waals surface area contributed by atoms with Crippen LogP contribution < -0.4 is 4.72 Å². The highest BCUT2D eigenvalue weighted by Gasteiger charge is 2.38. The molecule has 1 atom stereocenters. The summed E-state index contributed by atoms with van der Waals surface area (Å²) in [5, 5.41) is 10.1. The molecule has 1 unspecified atom stereocenters. The summed E-state index contributed by atoms with van der Waals surface area (Å²) >= 11 is 0. The fourth-order valence-corrected chi connectivity index (χ4v) is 5.05. The second kappa shape index (κ2) is 8.78. The second-order valence-electron chi connectivity index (χ2n) is 9.70. The van der Waals surface area contributed by atoms with Crippen LogP contribution in [0.4, 0.5) is 17.6 Å². The Morgan fingerprint density at radius 3 is 2.56 bits per heavy atom. The van der Waals surface area contributed by atoms with E-state index in [1.165, 1.54) is 12.1 Å². The van der Waals surface area contributed by atoms with E-state index in [-0.39, 0.29) is 28.3 Å². The van der Waals surface area contributed by atoms with Gasteiger partial charge in [0.05, 0.1) is 22.6 Å². The maximum absolute atomic E-state index is 15.4. The van der Waals surface area contributed by atoms with Gasteiger partial charge in [-0.3, -0.25) is 4.98 Å². The van der Waals surface area contributed by atoms with Crippen LogP contribution in [0, 0.1) is 22.6 Å². The summed E-state index contributed by atoms with van der Waals surface area (Å²) in [6.07, 6.45) is -0.351. The van der Waals surface area contributed by atoms with Crippen molar-refractivity contribution in [2.45, 2.75) is 58.1 Å². The van der Waals surface area contributed by atoms with Gasteiger partial charge in [-0.15, -0.1) is 0 Å². The summed E-state index contributed by atoms with van der Waals surface area (Å²) in [6.45, 7) is 6.80. The standard InChI is InChI=1S/C24H24F4N4OS/c1-23(2,3)13-32-12-15(11-31-34(33)16-4-5-16)17-8-19(25)18(9-20(17)32)21-14(10-29)6-7-30-22(21)24(26,27)28/h6-9,12,16,31H,4-5,11,13H2,1-3H3. The molecule has 0 radical (unpaired) electrons. The molecule has 10 heteroatoms. The van der Waals surface area contributed by atoms with E-state index in [1.807, 2.05) is 31.5 Å². The van der Waals surface area contributed by atoms with Crippen LogP contribution >= 0.6 is 0 Å². The molecule has 0 bridgehead atoms. The van der Waals surface area contributed by atoms with Crippen molar-refractivity contribution in [2.75, 3.05) is 0 Å². The SMILES string of the molecule is CC(C)(C)Cn1cc(CNS(=O)C2CC2)c2cc(F)c(-c3c(C#N)ccnc3C(F)(F)F)cc21. The van der Waals surface area contributed by atoms with Crippen LogP contribution in [0.5, 0.6) is 0 Å². The van der Waals surface area contributed by atoms with Gasteiger partial charge in [-0.1, -0.05) is 20.8 Å². The number of halogens is 4. The number of hydrogen-bond acceptors (Lipinski definition) is 3. The Balaban J connectivity index is 1.90. The number of aromatic nitrogens is 2. The molecule has 34 heavy (non-hydrogen) atoms. The molecule has 0 spiro atoms. The van der Waals surface area contributed by atoms with E-state index in [1.54, 1.807) is 6.07 Å². The summed E-state index contributed by atoms with van der Waals surface area (Å²) in [4.78, 5) is 3.42. The first-order valence-corrected chi connectivity index (χ1v) is 12.0. The number of nitrogens with one attached hydrogen (secondary N) is 1. The predicted molar refractivity (Wildman–Crippen MR) is 122 cm³/mol. The average Bonchev–Trinajstić information content (AvgIpc) is 3.54. The molecule has 3 aromatic rings. The highest BCUT2D eigenvalue weighted by molar-refractivity contribution is 7.83. The van der Waals surface area contributed by atoms with E-state index in [2.05, 4.69) is 9.71 Å². The summed E-state index contributed by atoms with van der Waals surface area (Å²) in [6, 6.07) is 5.42. The molecule has 1 aromatic carbocycles. The topological polar surface area (TPSA) is 70.7 Å². The number of pyridine rings is 1. The van der Waals surface area contributed by atoms with Crippen LogP contribution in [-0.4, -0.2) is 19.0 Å². The fraction of sp³-hybridized carbons (Fsp3) is 0.417. The summed E-state index contributed by atoms with van der Waals surface area (Å²) in [5.41, 5.74) is -1.47. The van der Waals surface area contributed by atoms with Gasteiger partial charge in [0.25, 0.3) is 0 Å². The van der Waals surface area contributed by atoms with Gasteiger partial charge >= 0.3 is 6.18 Å². The van der Waals surface area contributed by atoms with Gasteiger partial charge in [-0.2, -0.15) is 18.4 Å². The lowest BCUT2D eigenvalue weighted by atomic mass is 9.95. The second-order valence-corrected chi connectivity index (χ2v) is 11.3. The van der Waals surface area contributed by atoms with Crippen LogP contribution in [0.15, 0.2) is 30.6 Å².